The molecule has 0 saturated carbocycles. The van der Waals surface area contributed by atoms with Gasteiger partial charge in [-0.3, -0.25) is 9.59 Å². The highest BCUT2D eigenvalue weighted by atomic mass is 19.4. The van der Waals surface area contributed by atoms with Gasteiger partial charge in [0.25, 0.3) is 0 Å². The van der Waals surface area contributed by atoms with Gasteiger partial charge in [-0.05, 0) is 30.3 Å². The van der Waals surface area contributed by atoms with Crippen molar-refractivity contribution in [2.45, 2.75) is 12.6 Å². The fraction of sp³-hybridized carbons (Fsp3) is 0.348. The largest absolute Gasteiger partial charge is 0.416 e. The summed E-state index contributed by atoms with van der Waals surface area (Å²) in [4.78, 5) is 30.1. The first-order valence-corrected chi connectivity index (χ1v) is 10.4. The predicted octanol–water partition coefficient (Wildman–Crippen LogP) is 3.42. The number of hydrogen-bond donors (Lipinski definition) is 0. The first-order chi connectivity index (χ1) is 15.7. The number of benzene rings is 2. The van der Waals surface area contributed by atoms with Crippen molar-refractivity contribution < 1.29 is 27.2 Å². The van der Waals surface area contributed by atoms with Crippen LogP contribution < -0.4 is 9.80 Å². The molecular weight excluding hydrogens is 440 g/mol. The van der Waals surface area contributed by atoms with Gasteiger partial charge in [0.05, 0.1) is 17.2 Å². The molecule has 2 fully saturated rings. The Morgan fingerprint density at radius 1 is 1.06 bits per heavy atom. The Labute approximate surface area is 187 Å². The van der Waals surface area contributed by atoms with E-state index >= 15 is 0 Å². The lowest BCUT2D eigenvalue weighted by molar-refractivity contribution is -0.137. The van der Waals surface area contributed by atoms with E-state index in [2.05, 4.69) is 0 Å². The van der Waals surface area contributed by atoms with Gasteiger partial charge in [-0.2, -0.15) is 18.4 Å². The van der Waals surface area contributed by atoms with Crippen molar-refractivity contribution in [1.29, 1.82) is 5.26 Å². The van der Waals surface area contributed by atoms with Crippen molar-refractivity contribution >= 4 is 23.2 Å². The number of piperazine rings is 1. The van der Waals surface area contributed by atoms with Gasteiger partial charge in [-0.25, -0.2) is 4.39 Å². The predicted molar refractivity (Wildman–Crippen MR) is 112 cm³/mol. The van der Waals surface area contributed by atoms with Gasteiger partial charge < -0.3 is 14.7 Å². The van der Waals surface area contributed by atoms with Crippen LogP contribution in [0.3, 0.4) is 0 Å². The maximum Gasteiger partial charge on any atom is 0.416 e. The van der Waals surface area contributed by atoms with Crippen LogP contribution >= 0.6 is 0 Å². The van der Waals surface area contributed by atoms with Gasteiger partial charge in [0.2, 0.25) is 11.8 Å². The minimum atomic E-state index is -4.53. The van der Waals surface area contributed by atoms with Crippen LogP contribution in [0.5, 0.6) is 0 Å². The van der Waals surface area contributed by atoms with Crippen LogP contribution in [-0.2, 0) is 15.8 Å². The van der Waals surface area contributed by atoms with Crippen molar-refractivity contribution in [2.24, 2.45) is 5.92 Å². The molecule has 10 heteroatoms. The zero-order valence-electron chi connectivity index (χ0n) is 17.5. The van der Waals surface area contributed by atoms with E-state index in [4.69, 9.17) is 0 Å². The van der Waals surface area contributed by atoms with E-state index in [1.807, 2.05) is 11.0 Å². The van der Waals surface area contributed by atoms with E-state index in [9.17, 15) is 32.4 Å². The van der Waals surface area contributed by atoms with E-state index in [1.165, 1.54) is 29.2 Å². The number of hydrogen-bond acceptors (Lipinski definition) is 4. The summed E-state index contributed by atoms with van der Waals surface area (Å²) in [5.74, 6) is -1.89. The first-order valence-electron chi connectivity index (χ1n) is 10.4. The topological polar surface area (TPSA) is 67.6 Å². The molecule has 2 heterocycles. The molecule has 2 amide bonds. The summed E-state index contributed by atoms with van der Waals surface area (Å²) in [6.45, 7) is 1.45. The number of rotatable bonds is 3. The summed E-state index contributed by atoms with van der Waals surface area (Å²) in [7, 11) is 0. The fourth-order valence-corrected chi connectivity index (χ4v) is 4.29. The fourth-order valence-electron chi connectivity index (χ4n) is 4.29. The number of amides is 2. The molecule has 2 aromatic carbocycles. The third-order valence-corrected chi connectivity index (χ3v) is 5.99. The summed E-state index contributed by atoms with van der Waals surface area (Å²) < 4.78 is 53.0. The minimum Gasteiger partial charge on any atom is -0.367 e. The number of nitriles is 1. The highest BCUT2D eigenvalue weighted by Gasteiger charge is 2.39. The van der Waals surface area contributed by atoms with Gasteiger partial charge in [0, 0.05) is 44.8 Å². The molecular formula is C23H20F4N4O2. The maximum absolute atomic E-state index is 13.9. The molecule has 6 nitrogen and oxygen atoms in total. The number of anilines is 2. The molecule has 2 aliphatic heterocycles. The molecule has 172 valence electrons. The van der Waals surface area contributed by atoms with Crippen LogP contribution in [0.4, 0.5) is 28.9 Å². The number of halogens is 4. The van der Waals surface area contributed by atoms with E-state index in [1.54, 1.807) is 11.0 Å². The van der Waals surface area contributed by atoms with Crippen LogP contribution in [0.25, 0.3) is 0 Å². The normalized spacial score (nSPS) is 19.1. The van der Waals surface area contributed by atoms with E-state index < -0.39 is 29.4 Å². The Morgan fingerprint density at radius 3 is 2.42 bits per heavy atom. The second-order valence-electron chi connectivity index (χ2n) is 8.01. The number of alkyl halides is 3. The minimum absolute atomic E-state index is 0.0155. The average molecular weight is 460 g/mol. The Hall–Kier alpha value is -3.61. The molecule has 0 aromatic heterocycles. The quantitative estimate of drug-likeness (QED) is 0.659. The Kier molecular flexibility index (Phi) is 5.97. The Balaban J connectivity index is 1.41. The van der Waals surface area contributed by atoms with Crippen LogP contribution in [0, 0.1) is 23.1 Å². The first kappa shape index (κ1) is 22.6. The van der Waals surface area contributed by atoms with Crippen LogP contribution in [0.2, 0.25) is 0 Å². The standard InChI is InChI=1S/C23H20F4N4O2/c24-19-5-2-6-20(18(19)13-28)29-7-9-30(10-8-29)22(33)15-11-21(32)31(14-15)17-4-1-3-16(12-17)23(25,26)27/h1-6,12,15H,7-11,14H2. The zero-order chi connectivity index (χ0) is 23.8. The lowest BCUT2D eigenvalue weighted by atomic mass is 10.1. The molecule has 0 aliphatic carbocycles. The summed E-state index contributed by atoms with van der Waals surface area (Å²) in [5, 5.41) is 9.24. The van der Waals surface area contributed by atoms with Gasteiger partial charge in [-0.1, -0.05) is 12.1 Å². The van der Waals surface area contributed by atoms with Gasteiger partial charge in [-0.15, -0.1) is 0 Å². The second kappa shape index (κ2) is 8.73. The summed E-state index contributed by atoms with van der Waals surface area (Å²) in [6, 6.07) is 10.8. The van der Waals surface area contributed by atoms with Gasteiger partial charge >= 0.3 is 6.18 Å². The third-order valence-electron chi connectivity index (χ3n) is 5.99. The van der Waals surface area contributed by atoms with Crippen molar-refractivity contribution in [1.82, 2.24) is 4.90 Å². The van der Waals surface area contributed by atoms with Gasteiger partial charge in [0.1, 0.15) is 17.4 Å². The zero-order valence-corrected chi connectivity index (χ0v) is 17.5. The molecule has 0 radical (unpaired) electrons. The van der Waals surface area contributed by atoms with Gasteiger partial charge in [0.15, 0.2) is 0 Å². The van der Waals surface area contributed by atoms with Crippen molar-refractivity contribution in [3.05, 3.63) is 59.4 Å². The monoisotopic (exact) mass is 460 g/mol. The molecule has 0 spiro atoms. The molecule has 4 rings (SSSR count). The van der Waals surface area contributed by atoms with Crippen molar-refractivity contribution in [3.8, 4) is 6.07 Å². The van der Waals surface area contributed by atoms with E-state index in [0.717, 1.165) is 12.1 Å². The molecule has 2 saturated heterocycles. The smallest absolute Gasteiger partial charge is 0.367 e. The maximum atomic E-state index is 13.9. The summed E-state index contributed by atoms with van der Waals surface area (Å²) in [6.07, 6.45) is -4.60. The second-order valence-corrected chi connectivity index (χ2v) is 8.01. The third kappa shape index (κ3) is 4.49. The molecule has 1 unspecified atom stereocenters. The van der Waals surface area contributed by atoms with E-state index in [0.29, 0.717) is 31.9 Å². The highest BCUT2D eigenvalue weighted by Crippen LogP contribution is 2.34. The average Bonchev–Trinajstić information content (AvgIpc) is 3.19. The lowest BCUT2D eigenvalue weighted by Crippen LogP contribution is -2.51. The summed E-state index contributed by atoms with van der Waals surface area (Å²) >= 11 is 0. The molecule has 33 heavy (non-hydrogen) atoms. The van der Waals surface area contributed by atoms with Crippen molar-refractivity contribution in [2.75, 3.05) is 42.5 Å². The molecule has 1 atom stereocenters. The van der Waals surface area contributed by atoms with Crippen molar-refractivity contribution in [3.63, 3.8) is 0 Å². The highest BCUT2D eigenvalue weighted by molar-refractivity contribution is 6.00. The summed E-state index contributed by atoms with van der Waals surface area (Å²) in [5.41, 5.74) is -0.315. The lowest BCUT2D eigenvalue weighted by Gasteiger charge is -2.37. The van der Waals surface area contributed by atoms with E-state index in [-0.39, 0.29) is 30.1 Å². The Bertz CT molecular complexity index is 1120. The number of carbonyl (C=O) groups excluding carboxylic acids is 2. The van der Waals surface area contributed by atoms with Crippen LogP contribution in [0.15, 0.2) is 42.5 Å². The van der Waals surface area contributed by atoms with Crippen LogP contribution in [-0.4, -0.2) is 49.4 Å². The number of carbonyl (C=O) groups is 2. The molecule has 0 bridgehead atoms. The SMILES string of the molecule is N#Cc1c(F)cccc1N1CCN(C(=O)C2CC(=O)N(c3cccc(C(F)(F)F)c3)C2)CC1. The Morgan fingerprint density at radius 2 is 1.76 bits per heavy atom. The molecule has 0 N–H and O–H groups in total. The molecule has 2 aliphatic rings. The van der Waals surface area contributed by atoms with Crippen LogP contribution in [0.1, 0.15) is 17.5 Å². The molecule has 2 aromatic rings. The number of nitrogens with zero attached hydrogens (tertiary/aromatic N) is 4.